The van der Waals surface area contributed by atoms with E-state index in [0.29, 0.717) is 34.4 Å². The van der Waals surface area contributed by atoms with Crippen molar-refractivity contribution in [2.45, 2.75) is 20.3 Å². The number of ether oxygens (including phenoxy) is 1. The van der Waals surface area contributed by atoms with Gasteiger partial charge in [0.15, 0.2) is 0 Å². The van der Waals surface area contributed by atoms with E-state index >= 15 is 0 Å². The van der Waals surface area contributed by atoms with Crippen LogP contribution in [0.5, 0.6) is 5.75 Å². The Kier molecular flexibility index (Phi) is 5.27. The summed E-state index contributed by atoms with van der Waals surface area (Å²) in [5.74, 6) is 0.542. The quantitative estimate of drug-likeness (QED) is 0.700. The second kappa shape index (κ2) is 7.63. The number of nitrogens with zero attached hydrogens (tertiary/aromatic N) is 3. The largest absolute Gasteiger partial charge is 0.496 e. The van der Waals surface area contributed by atoms with Gasteiger partial charge in [0.05, 0.1) is 18.4 Å². The lowest BCUT2D eigenvalue weighted by Gasteiger charge is -2.11. The molecule has 0 fully saturated rings. The molecule has 3 aromatic rings. The number of rotatable bonds is 5. The minimum atomic E-state index is -0.426. The molecule has 0 spiro atoms. The number of benzene rings is 1. The third-order valence-electron chi connectivity index (χ3n) is 3.82. The molecule has 0 atom stereocenters. The van der Waals surface area contributed by atoms with E-state index in [1.54, 1.807) is 25.1 Å². The molecule has 2 aromatic heterocycles. The number of hydrogen-bond acceptors (Lipinski definition) is 5. The van der Waals surface area contributed by atoms with Crippen molar-refractivity contribution in [2.24, 2.45) is 0 Å². The van der Waals surface area contributed by atoms with Gasteiger partial charge in [-0.25, -0.2) is 4.98 Å². The monoisotopic (exact) mass is 387 g/mol. The van der Waals surface area contributed by atoms with Crippen LogP contribution in [0.25, 0.3) is 5.95 Å². The highest BCUT2D eigenvalue weighted by molar-refractivity contribution is 6.31. The summed E-state index contributed by atoms with van der Waals surface area (Å²) in [5.41, 5.74) is 1.25. The van der Waals surface area contributed by atoms with Crippen molar-refractivity contribution in [2.75, 3.05) is 12.4 Å². The van der Waals surface area contributed by atoms with Crippen molar-refractivity contribution in [3.05, 3.63) is 62.7 Å². The summed E-state index contributed by atoms with van der Waals surface area (Å²) in [5, 5.41) is 7.49. The Morgan fingerprint density at radius 3 is 2.81 bits per heavy atom. The van der Waals surface area contributed by atoms with Gasteiger partial charge < -0.3 is 10.1 Å². The molecule has 0 aliphatic rings. The highest BCUT2D eigenvalue weighted by Gasteiger charge is 2.17. The van der Waals surface area contributed by atoms with Gasteiger partial charge in [0.1, 0.15) is 11.6 Å². The molecule has 0 saturated heterocycles. The molecule has 2 heterocycles. The number of aromatic amines is 1. The maximum absolute atomic E-state index is 12.7. The number of aryl methyl sites for hydroxylation is 2. The zero-order valence-corrected chi connectivity index (χ0v) is 15.8. The fraction of sp³-hybridized carbons (Fsp3) is 0.222. The predicted octanol–water partition coefficient (Wildman–Crippen LogP) is 2.74. The van der Waals surface area contributed by atoms with Crippen LogP contribution in [0, 0.1) is 6.92 Å². The van der Waals surface area contributed by atoms with Crippen LogP contribution in [0.4, 0.5) is 5.82 Å². The molecule has 0 radical (unpaired) electrons. The standard InChI is InChI=1S/C18H18ClN5O3/c1-4-12-9-16(25)22-18(20-12)24-15(7-10(2)23-24)21-17(26)13-8-11(19)5-6-14(13)27-3/h5-9H,4H2,1-3H3,(H,21,26)(H,20,22,25). The first-order chi connectivity index (χ1) is 12.9. The van der Waals surface area contributed by atoms with Crippen LogP contribution in [0.2, 0.25) is 5.02 Å². The highest BCUT2D eigenvalue weighted by atomic mass is 35.5. The number of carbonyl (C=O) groups is 1. The zero-order chi connectivity index (χ0) is 19.6. The molecule has 0 aliphatic carbocycles. The maximum Gasteiger partial charge on any atom is 0.260 e. The Labute approximate surface area is 160 Å². The lowest BCUT2D eigenvalue weighted by molar-refractivity contribution is 0.102. The normalized spacial score (nSPS) is 10.7. The Morgan fingerprint density at radius 1 is 1.33 bits per heavy atom. The number of carbonyl (C=O) groups excluding carboxylic acids is 1. The van der Waals surface area contributed by atoms with Gasteiger partial charge in [0, 0.05) is 22.8 Å². The summed E-state index contributed by atoms with van der Waals surface area (Å²) in [7, 11) is 1.47. The Hall–Kier alpha value is -3.13. The molecular formula is C18H18ClN5O3. The van der Waals surface area contributed by atoms with Gasteiger partial charge >= 0.3 is 0 Å². The van der Waals surface area contributed by atoms with Crippen molar-refractivity contribution in [3.63, 3.8) is 0 Å². The number of halogens is 1. The van der Waals surface area contributed by atoms with Crippen LogP contribution in [0.3, 0.4) is 0 Å². The molecule has 8 nitrogen and oxygen atoms in total. The maximum atomic E-state index is 12.7. The first-order valence-corrected chi connectivity index (χ1v) is 8.61. The topological polar surface area (TPSA) is 102 Å². The Bertz CT molecular complexity index is 1060. The summed E-state index contributed by atoms with van der Waals surface area (Å²) in [4.78, 5) is 31.6. The molecule has 0 unspecified atom stereocenters. The summed E-state index contributed by atoms with van der Waals surface area (Å²) in [6, 6.07) is 7.86. The molecule has 3 rings (SSSR count). The second-order valence-electron chi connectivity index (χ2n) is 5.80. The number of aromatic nitrogens is 4. The summed E-state index contributed by atoms with van der Waals surface area (Å²) in [6.45, 7) is 3.67. The van der Waals surface area contributed by atoms with Crippen molar-refractivity contribution >= 4 is 23.3 Å². The molecule has 0 bridgehead atoms. The van der Waals surface area contributed by atoms with Crippen LogP contribution < -0.4 is 15.6 Å². The minimum Gasteiger partial charge on any atom is -0.496 e. The number of methoxy groups -OCH3 is 1. The van der Waals surface area contributed by atoms with E-state index in [9.17, 15) is 9.59 Å². The molecule has 0 aliphatic heterocycles. The van der Waals surface area contributed by atoms with Gasteiger partial charge in [-0.15, -0.1) is 0 Å². The molecular weight excluding hydrogens is 370 g/mol. The fourth-order valence-electron chi connectivity index (χ4n) is 2.57. The van der Waals surface area contributed by atoms with Gasteiger partial charge in [0.25, 0.3) is 11.5 Å². The van der Waals surface area contributed by atoms with Gasteiger partial charge in [-0.1, -0.05) is 18.5 Å². The van der Waals surface area contributed by atoms with Crippen LogP contribution >= 0.6 is 11.6 Å². The average molecular weight is 388 g/mol. The average Bonchev–Trinajstić information content (AvgIpc) is 3.01. The van der Waals surface area contributed by atoms with Crippen LogP contribution in [-0.4, -0.2) is 32.8 Å². The SMILES string of the molecule is CCc1cc(=O)[nH]c(-n2nc(C)cc2NC(=O)c2cc(Cl)ccc2OC)n1. The lowest BCUT2D eigenvalue weighted by atomic mass is 10.2. The second-order valence-corrected chi connectivity index (χ2v) is 6.23. The van der Waals surface area contributed by atoms with E-state index < -0.39 is 5.91 Å². The van der Waals surface area contributed by atoms with Crippen LogP contribution in [0.15, 0.2) is 35.1 Å². The van der Waals surface area contributed by atoms with E-state index in [2.05, 4.69) is 20.4 Å². The summed E-state index contributed by atoms with van der Waals surface area (Å²) in [6.07, 6.45) is 0.596. The van der Waals surface area contributed by atoms with Crippen molar-refractivity contribution in [3.8, 4) is 11.7 Å². The molecule has 0 saturated carbocycles. The van der Waals surface area contributed by atoms with E-state index in [0.717, 1.165) is 0 Å². The number of hydrogen-bond donors (Lipinski definition) is 2. The van der Waals surface area contributed by atoms with E-state index in [-0.39, 0.29) is 17.1 Å². The van der Waals surface area contributed by atoms with Crippen LogP contribution in [0.1, 0.15) is 28.7 Å². The fourth-order valence-corrected chi connectivity index (χ4v) is 2.74. The first-order valence-electron chi connectivity index (χ1n) is 8.23. The number of nitrogens with one attached hydrogen (secondary N) is 2. The van der Waals surface area contributed by atoms with Crippen molar-refractivity contribution < 1.29 is 9.53 Å². The Morgan fingerprint density at radius 2 is 2.11 bits per heavy atom. The smallest absolute Gasteiger partial charge is 0.260 e. The molecule has 9 heteroatoms. The van der Waals surface area contributed by atoms with Gasteiger partial charge in [-0.3, -0.25) is 14.6 Å². The molecule has 2 N–H and O–H groups in total. The lowest BCUT2D eigenvalue weighted by Crippen LogP contribution is -2.19. The van der Waals surface area contributed by atoms with E-state index in [1.165, 1.54) is 23.9 Å². The van der Waals surface area contributed by atoms with Gasteiger partial charge in [0.2, 0.25) is 5.95 Å². The third kappa shape index (κ3) is 4.01. The van der Waals surface area contributed by atoms with Crippen molar-refractivity contribution in [1.82, 2.24) is 19.7 Å². The third-order valence-corrected chi connectivity index (χ3v) is 4.06. The number of anilines is 1. The van der Waals surface area contributed by atoms with Crippen LogP contribution in [-0.2, 0) is 6.42 Å². The zero-order valence-electron chi connectivity index (χ0n) is 15.0. The van der Waals surface area contributed by atoms with Gasteiger partial charge in [-0.05, 0) is 31.5 Å². The summed E-state index contributed by atoms with van der Waals surface area (Å²) < 4.78 is 6.60. The molecule has 27 heavy (non-hydrogen) atoms. The number of amides is 1. The molecule has 1 aromatic carbocycles. The van der Waals surface area contributed by atoms with Crippen molar-refractivity contribution in [1.29, 1.82) is 0 Å². The highest BCUT2D eigenvalue weighted by Crippen LogP contribution is 2.24. The van der Waals surface area contributed by atoms with Gasteiger partial charge in [-0.2, -0.15) is 9.78 Å². The minimum absolute atomic E-state index is 0.223. The molecule has 1 amide bonds. The predicted molar refractivity (Wildman–Crippen MR) is 102 cm³/mol. The Balaban J connectivity index is 2.00. The first kappa shape index (κ1) is 18.7. The van der Waals surface area contributed by atoms with E-state index in [1.807, 2.05) is 6.92 Å². The molecule has 140 valence electrons. The number of H-pyrrole nitrogens is 1. The van der Waals surface area contributed by atoms with E-state index in [4.69, 9.17) is 16.3 Å². The summed E-state index contributed by atoms with van der Waals surface area (Å²) >= 11 is 6.00.